The van der Waals surface area contributed by atoms with E-state index in [-0.39, 0.29) is 0 Å². The maximum absolute atomic E-state index is 9.63. The molecule has 1 aliphatic carbocycles. The molecule has 0 aromatic rings. The topological polar surface area (TPSA) is 35.5 Å². The van der Waals surface area contributed by atoms with Crippen LogP contribution in [-0.4, -0.2) is 48.8 Å². The Morgan fingerprint density at radius 3 is 2.56 bits per heavy atom. The van der Waals surface area contributed by atoms with Crippen molar-refractivity contribution in [1.82, 2.24) is 10.2 Å². The Bertz CT molecular complexity index is 246. The van der Waals surface area contributed by atoms with Crippen LogP contribution in [-0.2, 0) is 0 Å². The van der Waals surface area contributed by atoms with Crippen LogP contribution < -0.4 is 5.32 Å². The van der Waals surface area contributed by atoms with Crippen LogP contribution in [0.4, 0.5) is 0 Å². The molecule has 3 heteroatoms. The molecule has 0 aromatic heterocycles. The van der Waals surface area contributed by atoms with Crippen LogP contribution in [0.25, 0.3) is 0 Å². The summed E-state index contributed by atoms with van der Waals surface area (Å²) in [6, 6.07) is 0.850. The molecule has 0 bridgehead atoms. The van der Waals surface area contributed by atoms with E-state index in [1.54, 1.807) is 0 Å². The molecule has 92 valence electrons. The zero-order valence-corrected chi connectivity index (χ0v) is 10.1. The minimum Gasteiger partial charge on any atom is -0.396 e. The van der Waals surface area contributed by atoms with E-state index in [1.165, 1.54) is 38.6 Å². The zero-order chi connectivity index (χ0) is 11.0. The number of likely N-dealkylation sites (tertiary alicyclic amines) is 1. The van der Waals surface area contributed by atoms with Gasteiger partial charge >= 0.3 is 0 Å². The highest BCUT2D eigenvalue weighted by Gasteiger charge is 2.48. The Balaban J connectivity index is 1.71. The Labute approximate surface area is 98.2 Å². The Kier molecular flexibility index (Phi) is 2.94. The van der Waals surface area contributed by atoms with Crippen LogP contribution in [0.15, 0.2) is 0 Å². The molecule has 1 saturated carbocycles. The summed E-state index contributed by atoms with van der Waals surface area (Å²) in [6.07, 6.45) is 6.74. The lowest BCUT2D eigenvalue weighted by molar-refractivity contribution is 0.0945. The second kappa shape index (κ2) is 4.28. The van der Waals surface area contributed by atoms with Crippen molar-refractivity contribution in [3.63, 3.8) is 0 Å². The minimum absolute atomic E-state index is 0.392. The maximum Gasteiger partial charge on any atom is 0.0477 e. The number of hydrogen-bond acceptors (Lipinski definition) is 3. The summed E-state index contributed by atoms with van der Waals surface area (Å²) in [5, 5.41) is 13.1. The first kappa shape index (κ1) is 11.0. The molecule has 2 saturated heterocycles. The summed E-state index contributed by atoms with van der Waals surface area (Å²) < 4.78 is 0. The first-order valence-electron chi connectivity index (χ1n) is 6.90. The van der Waals surface area contributed by atoms with Gasteiger partial charge in [0.25, 0.3) is 0 Å². The summed E-state index contributed by atoms with van der Waals surface area (Å²) in [4.78, 5) is 2.68. The van der Waals surface area contributed by atoms with Gasteiger partial charge in [-0.25, -0.2) is 0 Å². The minimum atomic E-state index is 0.392. The fourth-order valence-electron chi connectivity index (χ4n) is 3.85. The van der Waals surface area contributed by atoms with Crippen LogP contribution in [0.2, 0.25) is 0 Å². The predicted octanol–water partition coefficient (Wildman–Crippen LogP) is 0.833. The zero-order valence-electron chi connectivity index (χ0n) is 10.1. The number of hydrogen-bond donors (Lipinski definition) is 2. The molecule has 3 rings (SSSR count). The third-order valence-electron chi connectivity index (χ3n) is 5.25. The lowest BCUT2D eigenvalue weighted by atomic mass is 9.71. The molecule has 1 atom stereocenters. The molecule has 0 radical (unpaired) electrons. The van der Waals surface area contributed by atoms with Gasteiger partial charge in [-0.2, -0.15) is 0 Å². The molecule has 1 unspecified atom stereocenters. The van der Waals surface area contributed by atoms with Gasteiger partial charge < -0.3 is 10.4 Å². The molecular weight excluding hydrogens is 200 g/mol. The number of aliphatic hydroxyl groups excluding tert-OH is 1. The first-order valence-corrected chi connectivity index (χ1v) is 6.90. The SMILES string of the molecule is OCC1CN(C2CCC2)CC12CCNCC2. The Morgan fingerprint density at radius 1 is 1.25 bits per heavy atom. The van der Waals surface area contributed by atoms with Gasteiger partial charge in [-0.3, -0.25) is 4.90 Å². The van der Waals surface area contributed by atoms with Crippen molar-refractivity contribution in [2.24, 2.45) is 11.3 Å². The lowest BCUT2D eigenvalue weighted by Gasteiger charge is -2.39. The molecule has 0 aromatic carbocycles. The fraction of sp³-hybridized carbons (Fsp3) is 1.00. The Hall–Kier alpha value is -0.120. The highest BCUT2D eigenvalue weighted by atomic mass is 16.3. The molecule has 16 heavy (non-hydrogen) atoms. The average Bonchev–Trinajstić information content (AvgIpc) is 2.55. The molecule has 3 fully saturated rings. The molecular formula is C13H24N2O. The van der Waals surface area contributed by atoms with Crippen molar-refractivity contribution in [2.75, 3.05) is 32.8 Å². The molecule has 2 aliphatic heterocycles. The lowest BCUT2D eigenvalue weighted by Crippen LogP contribution is -2.44. The van der Waals surface area contributed by atoms with Gasteiger partial charge in [0.1, 0.15) is 0 Å². The van der Waals surface area contributed by atoms with Crippen LogP contribution in [0.3, 0.4) is 0 Å². The van der Waals surface area contributed by atoms with Crippen molar-refractivity contribution in [2.45, 2.75) is 38.1 Å². The average molecular weight is 224 g/mol. The molecule has 2 N–H and O–H groups in total. The van der Waals surface area contributed by atoms with E-state index in [2.05, 4.69) is 10.2 Å². The Morgan fingerprint density at radius 2 is 2.00 bits per heavy atom. The number of nitrogens with one attached hydrogen (secondary N) is 1. The normalized spacial score (nSPS) is 35.4. The van der Waals surface area contributed by atoms with E-state index in [0.717, 1.165) is 25.7 Å². The van der Waals surface area contributed by atoms with Crippen LogP contribution >= 0.6 is 0 Å². The van der Waals surface area contributed by atoms with Gasteiger partial charge in [0.2, 0.25) is 0 Å². The van der Waals surface area contributed by atoms with Crippen molar-refractivity contribution in [1.29, 1.82) is 0 Å². The smallest absolute Gasteiger partial charge is 0.0477 e. The van der Waals surface area contributed by atoms with Crippen molar-refractivity contribution in [3.8, 4) is 0 Å². The first-order chi connectivity index (χ1) is 7.84. The monoisotopic (exact) mass is 224 g/mol. The number of rotatable bonds is 2. The van der Waals surface area contributed by atoms with E-state index in [1.807, 2.05) is 0 Å². The summed E-state index contributed by atoms with van der Waals surface area (Å²) in [6.45, 7) is 5.10. The van der Waals surface area contributed by atoms with Gasteiger partial charge in [-0.05, 0) is 44.2 Å². The summed E-state index contributed by atoms with van der Waals surface area (Å²) in [5.41, 5.74) is 0.440. The number of aliphatic hydroxyl groups is 1. The quantitative estimate of drug-likeness (QED) is 0.729. The number of piperidine rings is 1. The van der Waals surface area contributed by atoms with Gasteiger partial charge in [0.15, 0.2) is 0 Å². The van der Waals surface area contributed by atoms with Crippen molar-refractivity contribution >= 4 is 0 Å². The van der Waals surface area contributed by atoms with E-state index in [9.17, 15) is 5.11 Å². The van der Waals surface area contributed by atoms with E-state index < -0.39 is 0 Å². The van der Waals surface area contributed by atoms with E-state index in [0.29, 0.717) is 17.9 Å². The molecule has 1 spiro atoms. The molecule has 3 nitrogen and oxygen atoms in total. The second-order valence-electron chi connectivity index (χ2n) is 6.01. The highest BCUT2D eigenvalue weighted by molar-refractivity contribution is 5.01. The van der Waals surface area contributed by atoms with E-state index in [4.69, 9.17) is 0 Å². The summed E-state index contributed by atoms with van der Waals surface area (Å²) >= 11 is 0. The summed E-state index contributed by atoms with van der Waals surface area (Å²) in [5.74, 6) is 0.537. The van der Waals surface area contributed by atoms with Crippen molar-refractivity contribution in [3.05, 3.63) is 0 Å². The fourth-order valence-corrected chi connectivity index (χ4v) is 3.85. The van der Waals surface area contributed by atoms with Crippen LogP contribution in [0, 0.1) is 11.3 Å². The maximum atomic E-state index is 9.63. The molecule has 0 amide bonds. The third-order valence-corrected chi connectivity index (χ3v) is 5.25. The third kappa shape index (κ3) is 1.69. The number of nitrogens with zero attached hydrogens (tertiary/aromatic N) is 1. The second-order valence-corrected chi connectivity index (χ2v) is 6.01. The van der Waals surface area contributed by atoms with Crippen LogP contribution in [0.1, 0.15) is 32.1 Å². The van der Waals surface area contributed by atoms with Gasteiger partial charge in [-0.1, -0.05) is 6.42 Å². The highest BCUT2D eigenvalue weighted by Crippen LogP contribution is 2.45. The van der Waals surface area contributed by atoms with Gasteiger partial charge in [0, 0.05) is 31.7 Å². The van der Waals surface area contributed by atoms with Crippen LogP contribution in [0.5, 0.6) is 0 Å². The van der Waals surface area contributed by atoms with Gasteiger partial charge in [-0.15, -0.1) is 0 Å². The van der Waals surface area contributed by atoms with Crippen molar-refractivity contribution < 1.29 is 5.11 Å². The predicted molar refractivity (Wildman–Crippen MR) is 64.3 cm³/mol. The van der Waals surface area contributed by atoms with E-state index >= 15 is 0 Å². The largest absolute Gasteiger partial charge is 0.396 e. The standard InChI is InChI=1S/C13H24N2O/c16-9-11-8-15(12-2-1-3-12)10-13(11)4-6-14-7-5-13/h11-12,14,16H,1-10H2. The summed E-state index contributed by atoms with van der Waals surface area (Å²) in [7, 11) is 0. The molecule has 3 aliphatic rings. The molecule has 2 heterocycles. The van der Waals surface area contributed by atoms with Gasteiger partial charge in [0.05, 0.1) is 0 Å².